The highest BCUT2D eigenvalue weighted by molar-refractivity contribution is 5.94. The number of amides is 1. The summed E-state index contributed by atoms with van der Waals surface area (Å²) < 4.78 is 2.21. The summed E-state index contributed by atoms with van der Waals surface area (Å²) in [5, 5.41) is 0. The Kier molecular flexibility index (Phi) is 4.27. The Morgan fingerprint density at radius 1 is 1.36 bits per heavy atom. The van der Waals surface area contributed by atoms with Crippen LogP contribution in [0, 0.1) is 5.92 Å². The van der Waals surface area contributed by atoms with Crippen LogP contribution in [0.25, 0.3) is 0 Å². The van der Waals surface area contributed by atoms with E-state index in [2.05, 4.69) is 16.5 Å². The zero-order valence-electron chi connectivity index (χ0n) is 13.3. The largest absolute Gasteiger partial charge is 0.341 e. The molecule has 22 heavy (non-hydrogen) atoms. The van der Waals surface area contributed by atoms with E-state index < -0.39 is 0 Å². The SMILES string of the molecule is CCc1ccc(C(=O)N(C)C[C@@H]2CCn3ccnc3C2)cc1. The number of nitrogens with zero attached hydrogens (tertiary/aromatic N) is 3. The van der Waals surface area contributed by atoms with Gasteiger partial charge in [-0.25, -0.2) is 4.98 Å². The van der Waals surface area contributed by atoms with Gasteiger partial charge >= 0.3 is 0 Å². The van der Waals surface area contributed by atoms with E-state index >= 15 is 0 Å². The van der Waals surface area contributed by atoms with E-state index in [1.54, 1.807) is 0 Å². The highest BCUT2D eigenvalue weighted by Crippen LogP contribution is 2.20. The molecule has 3 rings (SSSR count). The van der Waals surface area contributed by atoms with E-state index in [1.165, 1.54) is 5.56 Å². The van der Waals surface area contributed by atoms with Gasteiger partial charge in [0, 0.05) is 44.5 Å². The average molecular weight is 297 g/mol. The number of aryl methyl sites for hydroxylation is 2. The quantitative estimate of drug-likeness (QED) is 0.870. The van der Waals surface area contributed by atoms with Gasteiger partial charge in [0.15, 0.2) is 0 Å². The monoisotopic (exact) mass is 297 g/mol. The molecule has 0 aliphatic carbocycles. The smallest absolute Gasteiger partial charge is 0.253 e. The first kappa shape index (κ1) is 14.8. The molecule has 1 aromatic heterocycles. The molecular weight excluding hydrogens is 274 g/mol. The lowest BCUT2D eigenvalue weighted by Gasteiger charge is -2.28. The van der Waals surface area contributed by atoms with Crippen molar-refractivity contribution in [1.29, 1.82) is 0 Å². The number of benzene rings is 1. The Balaban J connectivity index is 1.61. The van der Waals surface area contributed by atoms with Gasteiger partial charge in [-0.05, 0) is 36.5 Å². The fraction of sp³-hybridized carbons (Fsp3) is 0.444. The molecule has 0 spiro atoms. The van der Waals surface area contributed by atoms with Crippen molar-refractivity contribution >= 4 is 5.91 Å². The van der Waals surface area contributed by atoms with Crippen molar-refractivity contribution in [3.63, 3.8) is 0 Å². The summed E-state index contributed by atoms with van der Waals surface area (Å²) in [6.45, 7) is 3.92. The number of carbonyl (C=O) groups excluding carboxylic acids is 1. The van der Waals surface area contributed by atoms with E-state index in [4.69, 9.17) is 0 Å². The molecule has 0 radical (unpaired) electrons. The van der Waals surface area contributed by atoms with Crippen LogP contribution in [-0.2, 0) is 19.4 Å². The molecule has 0 fully saturated rings. The molecule has 4 nitrogen and oxygen atoms in total. The fourth-order valence-corrected chi connectivity index (χ4v) is 3.14. The molecule has 0 N–H and O–H groups in total. The summed E-state index contributed by atoms with van der Waals surface area (Å²) in [5.74, 6) is 1.75. The van der Waals surface area contributed by atoms with Gasteiger partial charge in [0.25, 0.3) is 5.91 Å². The number of hydrogen-bond donors (Lipinski definition) is 0. The van der Waals surface area contributed by atoms with Crippen molar-refractivity contribution in [2.24, 2.45) is 5.92 Å². The van der Waals surface area contributed by atoms with Crippen molar-refractivity contribution in [3.05, 3.63) is 53.6 Å². The van der Waals surface area contributed by atoms with Gasteiger partial charge in [0.1, 0.15) is 5.82 Å². The van der Waals surface area contributed by atoms with Crippen molar-refractivity contribution < 1.29 is 4.79 Å². The molecule has 1 amide bonds. The Bertz CT molecular complexity index is 645. The van der Waals surface area contributed by atoms with Gasteiger partial charge in [-0.1, -0.05) is 19.1 Å². The van der Waals surface area contributed by atoms with E-state index in [9.17, 15) is 4.79 Å². The summed E-state index contributed by atoms with van der Waals surface area (Å²) >= 11 is 0. The number of rotatable bonds is 4. The van der Waals surface area contributed by atoms with Gasteiger partial charge in [-0.15, -0.1) is 0 Å². The van der Waals surface area contributed by atoms with Gasteiger partial charge in [0.2, 0.25) is 0 Å². The molecule has 0 saturated heterocycles. The zero-order chi connectivity index (χ0) is 15.5. The minimum Gasteiger partial charge on any atom is -0.341 e. The molecule has 1 aliphatic heterocycles. The number of fused-ring (bicyclic) bond motifs is 1. The highest BCUT2D eigenvalue weighted by Gasteiger charge is 2.22. The van der Waals surface area contributed by atoms with E-state index in [0.717, 1.165) is 43.7 Å². The molecule has 1 aliphatic rings. The molecule has 0 saturated carbocycles. The summed E-state index contributed by atoms with van der Waals surface area (Å²) in [6.07, 6.45) is 6.96. The standard InChI is InChI=1S/C18H23N3O/c1-3-14-4-6-16(7-5-14)18(22)20(2)13-15-8-10-21-11-9-19-17(21)12-15/h4-7,9,11,15H,3,8,10,12-13H2,1-2H3/t15-/m1/s1. The minimum absolute atomic E-state index is 0.108. The molecule has 1 aromatic carbocycles. The Hall–Kier alpha value is -2.10. The first-order valence-electron chi connectivity index (χ1n) is 8.01. The van der Waals surface area contributed by atoms with E-state index in [1.807, 2.05) is 48.6 Å². The Labute approximate surface area is 131 Å². The molecular formula is C18H23N3O. The average Bonchev–Trinajstić information content (AvgIpc) is 3.02. The zero-order valence-corrected chi connectivity index (χ0v) is 13.3. The summed E-state index contributed by atoms with van der Waals surface area (Å²) in [4.78, 5) is 18.8. The van der Waals surface area contributed by atoms with Crippen LogP contribution < -0.4 is 0 Å². The van der Waals surface area contributed by atoms with Crippen LogP contribution in [-0.4, -0.2) is 34.0 Å². The maximum Gasteiger partial charge on any atom is 0.253 e. The molecule has 0 unspecified atom stereocenters. The Morgan fingerprint density at radius 3 is 2.86 bits per heavy atom. The first-order valence-corrected chi connectivity index (χ1v) is 8.01. The third-order valence-corrected chi connectivity index (χ3v) is 4.54. The van der Waals surface area contributed by atoms with Gasteiger partial charge in [-0.3, -0.25) is 4.79 Å². The van der Waals surface area contributed by atoms with Crippen LogP contribution in [0.2, 0.25) is 0 Å². The maximum atomic E-state index is 12.5. The first-order chi connectivity index (χ1) is 10.7. The second-order valence-corrected chi connectivity index (χ2v) is 6.13. The number of hydrogen-bond acceptors (Lipinski definition) is 2. The van der Waals surface area contributed by atoms with Crippen LogP contribution in [0.5, 0.6) is 0 Å². The van der Waals surface area contributed by atoms with Crippen LogP contribution in [0.4, 0.5) is 0 Å². The molecule has 2 aromatic rings. The molecule has 2 heterocycles. The number of aromatic nitrogens is 2. The van der Waals surface area contributed by atoms with Crippen molar-refractivity contribution in [2.45, 2.75) is 32.7 Å². The number of imidazole rings is 1. The van der Waals surface area contributed by atoms with E-state index in [0.29, 0.717) is 5.92 Å². The van der Waals surface area contributed by atoms with Gasteiger partial charge < -0.3 is 9.47 Å². The highest BCUT2D eigenvalue weighted by atomic mass is 16.2. The molecule has 116 valence electrons. The van der Waals surface area contributed by atoms with Crippen LogP contribution >= 0.6 is 0 Å². The van der Waals surface area contributed by atoms with Crippen molar-refractivity contribution in [2.75, 3.05) is 13.6 Å². The van der Waals surface area contributed by atoms with Crippen molar-refractivity contribution in [3.8, 4) is 0 Å². The van der Waals surface area contributed by atoms with Gasteiger partial charge in [-0.2, -0.15) is 0 Å². The number of carbonyl (C=O) groups is 1. The maximum absolute atomic E-state index is 12.5. The van der Waals surface area contributed by atoms with Crippen molar-refractivity contribution in [1.82, 2.24) is 14.5 Å². The minimum atomic E-state index is 0.108. The second kappa shape index (κ2) is 6.34. The second-order valence-electron chi connectivity index (χ2n) is 6.13. The molecule has 0 bridgehead atoms. The van der Waals surface area contributed by atoms with E-state index in [-0.39, 0.29) is 5.91 Å². The normalized spacial score (nSPS) is 17.1. The van der Waals surface area contributed by atoms with Crippen LogP contribution in [0.15, 0.2) is 36.7 Å². The predicted molar refractivity (Wildman–Crippen MR) is 86.8 cm³/mol. The lowest BCUT2D eigenvalue weighted by Crippen LogP contribution is -2.35. The summed E-state index contributed by atoms with van der Waals surface area (Å²) in [5.41, 5.74) is 2.04. The Morgan fingerprint density at radius 2 is 2.14 bits per heavy atom. The van der Waals surface area contributed by atoms with Crippen LogP contribution in [0.3, 0.4) is 0 Å². The fourth-order valence-electron chi connectivity index (χ4n) is 3.14. The van der Waals surface area contributed by atoms with Gasteiger partial charge in [0.05, 0.1) is 0 Å². The summed E-state index contributed by atoms with van der Waals surface area (Å²) in [7, 11) is 1.90. The molecule has 4 heteroatoms. The lowest BCUT2D eigenvalue weighted by molar-refractivity contribution is 0.0764. The topological polar surface area (TPSA) is 38.1 Å². The third kappa shape index (κ3) is 3.06. The predicted octanol–water partition coefficient (Wildman–Crippen LogP) is 2.78. The third-order valence-electron chi connectivity index (χ3n) is 4.54. The molecule has 1 atom stereocenters. The van der Waals surface area contributed by atoms with Crippen LogP contribution in [0.1, 0.15) is 35.1 Å². The summed E-state index contributed by atoms with van der Waals surface area (Å²) in [6, 6.07) is 7.95. The lowest BCUT2D eigenvalue weighted by atomic mass is 9.97.